The monoisotopic (exact) mass is 294 g/mol. The van der Waals surface area contributed by atoms with E-state index in [9.17, 15) is 9.59 Å². The van der Waals surface area contributed by atoms with Crippen molar-refractivity contribution in [1.29, 1.82) is 0 Å². The second-order valence-electron chi connectivity index (χ2n) is 4.34. The molecule has 0 amide bonds. The van der Waals surface area contributed by atoms with Crippen molar-refractivity contribution < 1.29 is 4.74 Å². The summed E-state index contributed by atoms with van der Waals surface area (Å²) in [6.07, 6.45) is 0.555. The van der Waals surface area contributed by atoms with Gasteiger partial charge >= 0.3 is 5.69 Å². The fraction of sp³-hybridized carbons (Fsp3) is 0.286. The van der Waals surface area contributed by atoms with Crippen molar-refractivity contribution in [2.24, 2.45) is 0 Å². The van der Waals surface area contributed by atoms with Gasteiger partial charge in [0.25, 0.3) is 5.56 Å². The Morgan fingerprint density at radius 1 is 1.25 bits per heavy atom. The molecule has 0 aliphatic rings. The van der Waals surface area contributed by atoms with E-state index >= 15 is 0 Å². The summed E-state index contributed by atoms with van der Waals surface area (Å²) >= 11 is 5.74. The SMILES string of the molecule is Cc1c(Cl)[nH]c(=O)n(CCCOc2ccccc2)c1=O. The number of hydrogen-bond acceptors (Lipinski definition) is 3. The van der Waals surface area contributed by atoms with Crippen LogP contribution < -0.4 is 16.0 Å². The molecule has 2 aromatic rings. The zero-order valence-electron chi connectivity index (χ0n) is 11.1. The number of benzene rings is 1. The van der Waals surface area contributed by atoms with Crippen LogP contribution in [-0.2, 0) is 6.54 Å². The molecule has 0 spiro atoms. The van der Waals surface area contributed by atoms with Crippen LogP contribution in [0.1, 0.15) is 12.0 Å². The Hall–Kier alpha value is -2.01. The van der Waals surface area contributed by atoms with E-state index in [0.29, 0.717) is 25.1 Å². The zero-order valence-corrected chi connectivity index (χ0v) is 11.8. The van der Waals surface area contributed by atoms with Crippen LogP contribution in [0.5, 0.6) is 5.75 Å². The molecule has 0 aliphatic heterocycles. The van der Waals surface area contributed by atoms with Crippen LogP contribution in [0.4, 0.5) is 0 Å². The summed E-state index contributed by atoms with van der Waals surface area (Å²) in [5.74, 6) is 0.765. The number of nitrogens with zero attached hydrogens (tertiary/aromatic N) is 1. The Labute approximate surface area is 120 Å². The molecule has 0 fully saturated rings. The standard InChI is InChI=1S/C14H15ClN2O3/c1-10-12(15)16-14(19)17(13(10)18)8-5-9-20-11-6-3-2-4-7-11/h2-4,6-7H,5,8-9H2,1H3,(H,16,19). The lowest BCUT2D eigenvalue weighted by atomic mass is 10.3. The molecule has 1 heterocycles. The molecule has 0 atom stereocenters. The van der Waals surface area contributed by atoms with Crippen LogP contribution in [0.2, 0.25) is 5.15 Å². The molecule has 2 rings (SSSR count). The number of H-pyrrole nitrogens is 1. The first-order valence-corrected chi connectivity index (χ1v) is 6.64. The third kappa shape index (κ3) is 3.30. The summed E-state index contributed by atoms with van der Waals surface area (Å²) in [5.41, 5.74) is -0.515. The van der Waals surface area contributed by atoms with Gasteiger partial charge in [0.15, 0.2) is 0 Å². The Bertz CT molecular complexity index is 692. The van der Waals surface area contributed by atoms with E-state index in [1.165, 1.54) is 0 Å². The van der Waals surface area contributed by atoms with Crippen LogP contribution >= 0.6 is 11.6 Å². The quantitative estimate of drug-likeness (QED) is 0.677. The highest BCUT2D eigenvalue weighted by Crippen LogP contribution is 2.08. The van der Waals surface area contributed by atoms with Gasteiger partial charge in [0.05, 0.1) is 6.61 Å². The Balaban J connectivity index is 1.97. The third-order valence-corrected chi connectivity index (χ3v) is 3.27. The molecular formula is C14H15ClN2O3. The maximum Gasteiger partial charge on any atom is 0.329 e. The molecule has 1 N–H and O–H groups in total. The van der Waals surface area contributed by atoms with Crippen molar-refractivity contribution in [3.05, 3.63) is 61.9 Å². The number of aromatic amines is 1. The molecule has 1 aromatic carbocycles. The van der Waals surface area contributed by atoms with Crippen LogP contribution in [0.25, 0.3) is 0 Å². The van der Waals surface area contributed by atoms with E-state index < -0.39 is 5.69 Å². The van der Waals surface area contributed by atoms with E-state index in [-0.39, 0.29) is 10.7 Å². The van der Waals surface area contributed by atoms with Crippen LogP contribution in [0.3, 0.4) is 0 Å². The fourth-order valence-electron chi connectivity index (χ4n) is 1.78. The minimum atomic E-state index is -0.495. The molecule has 20 heavy (non-hydrogen) atoms. The van der Waals surface area contributed by atoms with E-state index in [1.807, 2.05) is 30.3 Å². The van der Waals surface area contributed by atoms with Gasteiger partial charge in [0, 0.05) is 12.1 Å². The van der Waals surface area contributed by atoms with Crippen molar-refractivity contribution in [2.45, 2.75) is 19.9 Å². The Morgan fingerprint density at radius 2 is 1.95 bits per heavy atom. The molecule has 0 bridgehead atoms. The lowest BCUT2D eigenvalue weighted by Gasteiger charge is -2.08. The first kappa shape index (κ1) is 14.4. The fourth-order valence-corrected chi connectivity index (χ4v) is 1.94. The average Bonchev–Trinajstić information content (AvgIpc) is 2.45. The van der Waals surface area contributed by atoms with Crippen molar-refractivity contribution in [1.82, 2.24) is 9.55 Å². The van der Waals surface area contributed by atoms with Gasteiger partial charge in [-0.25, -0.2) is 4.79 Å². The first-order chi connectivity index (χ1) is 9.59. The summed E-state index contributed by atoms with van der Waals surface area (Å²) in [7, 11) is 0. The highest BCUT2D eigenvalue weighted by Gasteiger charge is 2.08. The van der Waals surface area contributed by atoms with Crippen LogP contribution in [-0.4, -0.2) is 16.2 Å². The maximum atomic E-state index is 11.9. The smallest absolute Gasteiger partial charge is 0.329 e. The predicted octanol–water partition coefficient (Wildman–Crippen LogP) is 1.97. The van der Waals surface area contributed by atoms with Gasteiger partial charge in [-0.05, 0) is 25.5 Å². The van der Waals surface area contributed by atoms with Crippen molar-refractivity contribution in [3.63, 3.8) is 0 Å². The second kappa shape index (κ2) is 6.43. The molecular weight excluding hydrogens is 280 g/mol. The number of ether oxygens (including phenoxy) is 1. The summed E-state index contributed by atoms with van der Waals surface area (Å²) in [6, 6.07) is 9.37. The highest BCUT2D eigenvalue weighted by molar-refractivity contribution is 6.30. The zero-order chi connectivity index (χ0) is 14.5. The second-order valence-corrected chi connectivity index (χ2v) is 4.72. The molecule has 1 aromatic heterocycles. The summed E-state index contributed by atoms with van der Waals surface area (Å²) < 4.78 is 6.64. The number of nitrogens with one attached hydrogen (secondary N) is 1. The lowest BCUT2D eigenvalue weighted by molar-refractivity contribution is 0.299. The number of hydrogen-bond donors (Lipinski definition) is 1. The van der Waals surface area contributed by atoms with Gasteiger partial charge in [-0.3, -0.25) is 14.3 Å². The first-order valence-electron chi connectivity index (χ1n) is 6.26. The van der Waals surface area contributed by atoms with Gasteiger partial charge in [0.1, 0.15) is 10.9 Å². The van der Waals surface area contributed by atoms with E-state index in [1.54, 1.807) is 6.92 Å². The van der Waals surface area contributed by atoms with Crippen molar-refractivity contribution in [3.8, 4) is 5.75 Å². The summed E-state index contributed by atoms with van der Waals surface area (Å²) in [4.78, 5) is 26.0. The van der Waals surface area contributed by atoms with Gasteiger partial charge < -0.3 is 4.74 Å². The maximum absolute atomic E-state index is 11.9. The topological polar surface area (TPSA) is 64.1 Å². The van der Waals surface area contributed by atoms with Crippen molar-refractivity contribution in [2.75, 3.05) is 6.61 Å². The van der Waals surface area contributed by atoms with Gasteiger partial charge in [-0.1, -0.05) is 29.8 Å². The lowest BCUT2D eigenvalue weighted by Crippen LogP contribution is -2.36. The molecule has 0 unspecified atom stereocenters. The van der Waals surface area contributed by atoms with Gasteiger partial charge in [0.2, 0.25) is 0 Å². The minimum Gasteiger partial charge on any atom is -0.494 e. The molecule has 0 saturated carbocycles. The number of halogens is 1. The molecule has 0 radical (unpaired) electrons. The number of rotatable bonds is 5. The molecule has 5 nitrogen and oxygen atoms in total. The van der Waals surface area contributed by atoms with Gasteiger partial charge in [-0.15, -0.1) is 0 Å². The number of para-hydroxylation sites is 1. The van der Waals surface area contributed by atoms with E-state index in [0.717, 1.165) is 10.3 Å². The van der Waals surface area contributed by atoms with Gasteiger partial charge in [-0.2, -0.15) is 0 Å². The minimum absolute atomic E-state index is 0.0942. The predicted molar refractivity (Wildman–Crippen MR) is 77.6 cm³/mol. The molecule has 0 aliphatic carbocycles. The summed E-state index contributed by atoms with van der Waals surface area (Å²) in [5, 5.41) is 0.0942. The average molecular weight is 295 g/mol. The summed E-state index contributed by atoms with van der Waals surface area (Å²) in [6.45, 7) is 2.30. The van der Waals surface area contributed by atoms with E-state index in [2.05, 4.69) is 4.98 Å². The Kier molecular flexibility index (Phi) is 4.63. The van der Waals surface area contributed by atoms with Crippen LogP contribution in [0.15, 0.2) is 39.9 Å². The van der Waals surface area contributed by atoms with Crippen molar-refractivity contribution >= 4 is 11.6 Å². The number of aromatic nitrogens is 2. The highest BCUT2D eigenvalue weighted by atomic mass is 35.5. The van der Waals surface area contributed by atoms with Crippen LogP contribution in [0, 0.1) is 6.92 Å². The largest absolute Gasteiger partial charge is 0.494 e. The molecule has 106 valence electrons. The Morgan fingerprint density at radius 3 is 2.65 bits per heavy atom. The molecule has 6 heteroatoms. The normalized spacial score (nSPS) is 10.5. The third-order valence-electron chi connectivity index (χ3n) is 2.90. The van der Waals surface area contributed by atoms with E-state index in [4.69, 9.17) is 16.3 Å². The molecule has 0 saturated heterocycles.